The largest absolute Gasteiger partial charge is 0.298 e. The highest BCUT2D eigenvalue weighted by molar-refractivity contribution is 7.89. The number of benzene rings is 2. The molecule has 0 saturated carbocycles. The molecule has 1 aliphatic heterocycles. The average molecular weight is 391 g/mol. The van der Waals surface area contributed by atoms with Crippen LogP contribution in [0.1, 0.15) is 17.5 Å². The molecule has 0 amide bonds. The van der Waals surface area contributed by atoms with E-state index in [1.807, 2.05) is 12.1 Å². The van der Waals surface area contributed by atoms with E-state index in [0.717, 1.165) is 17.7 Å². The van der Waals surface area contributed by atoms with Gasteiger partial charge in [0.1, 0.15) is 16.5 Å². The molecule has 0 atom stereocenters. The predicted octanol–water partition coefficient (Wildman–Crippen LogP) is 2.73. The average Bonchev–Trinajstić information content (AvgIpc) is 2.88. The topological polar surface area (TPSA) is 64.4 Å². The third-order valence-corrected chi connectivity index (χ3v) is 6.48. The van der Waals surface area contributed by atoms with Gasteiger partial charge in [0.2, 0.25) is 10.0 Å². The van der Waals surface area contributed by atoms with Crippen LogP contribution in [-0.4, -0.2) is 43.8 Å². The van der Waals surface area contributed by atoms with Gasteiger partial charge in [-0.2, -0.15) is 9.57 Å². The van der Waals surface area contributed by atoms with Crippen LogP contribution in [0.25, 0.3) is 0 Å². The van der Waals surface area contributed by atoms with Crippen LogP contribution >= 0.6 is 0 Å². The summed E-state index contributed by atoms with van der Waals surface area (Å²) in [6.07, 6.45) is 0.609. The van der Waals surface area contributed by atoms with Crippen molar-refractivity contribution in [2.75, 3.05) is 26.2 Å². The van der Waals surface area contributed by atoms with Gasteiger partial charge in [0.05, 0.1) is 11.6 Å². The van der Waals surface area contributed by atoms with Gasteiger partial charge in [0.25, 0.3) is 0 Å². The van der Waals surface area contributed by atoms with E-state index in [1.54, 1.807) is 12.1 Å². The highest BCUT2D eigenvalue weighted by Gasteiger charge is 2.29. The first-order valence-corrected chi connectivity index (χ1v) is 10.0. The lowest BCUT2D eigenvalue weighted by atomic mass is 10.1. The number of nitrogens with zero attached hydrogens (tertiary/aromatic N) is 3. The van der Waals surface area contributed by atoms with Gasteiger partial charge in [0, 0.05) is 32.2 Å². The van der Waals surface area contributed by atoms with Crippen molar-refractivity contribution in [3.8, 4) is 6.07 Å². The van der Waals surface area contributed by atoms with Crippen LogP contribution in [0.15, 0.2) is 47.4 Å². The van der Waals surface area contributed by atoms with E-state index < -0.39 is 26.6 Å². The Morgan fingerprint density at radius 3 is 2.41 bits per heavy atom. The predicted molar refractivity (Wildman–Crippen MR) is 96.2 cm³/mol. The summed E-state index contributed by atoms with van der Waals surface area (Å²) >= 11 is 0. The van der Waals surface area contributed by atoms with Crippen LogP contribution in [0.5, 0.6) is 0 Å². The highest BCUT2D eigenvalue weighted by Crippen LogP contribution is 2.22. The highest BCUT2D eigenvalue weighted by atomic mass is 32.2. The first-order valence-electron chi connectivity index (χ1n) is 8.57. The molecule has 8 heteroatoms. The molecule has 0 aliphatic carbocycles. The molecule has 1 heterocycles. The van der Waals surface area contributed by atoms with E-state index in [1.165, 1.54) is 4.31 Å². The van der Waals surface area contributed by atoms with Crippen LogP contribution in [-0.2, 0) is 16.6 Å². The van der Waals surface area contributed by atoms with Crippen molar-refractivity contribution in [2.45, 2.75) is 17.9 Å². The Bertz CT molecular complexity index is 956. The minimum absolute atomic E-state index is 0.232. The zero-order valence-electron chi connectivity index (χ0n) is 14.6. The number of nitriles is 1. The monoisotopic (exact) mass is 391 g/mol. The van der Waals surface area contributed by atoms with Crippen molar-refractivity contribution in [3.05, 3.63) is 65.2 Å². The first kappa shape index (κ1) is 19.4. The quantitative estimate of drug-likeness (QED) is 0.804. The Morgan fingerprint density at radius 2 is 1.74 bits per heavy atom. The smallest absolute Gasteiger partial charge is 0.246 e. The molecular formula is C19H19F2N3O2S. The van der Waals surface area contributed by atoms with Crippen molar-refractivity contribution in [1.29, 1.82) is 5.26 Å². The van der Waals surface area contributed by atoms with Crippen molar-refractivity contribution in [1.82, 2.24) is 9.21 Å². The van der Waals surface area contributed by atoms with Crippen molar-refractivity contribution in [2.24, 2.45) is 0 Å². The zero-order chi connectivity index (χ0) is 19.4. The van der Waals surface area contributed by atoms with Crippen LogP contribution in [0.3, 0.4) is 0 Å². The third-order valence-electron chi connectivity index (χ3n) is 4.55. The molecule has 27 heavy (non-hydrogen) atoms. The summed E-state index contributed by atoms with van der Waals surface area (Å²) in [5.41, 5.74) is 1.63. The standard InChI is InChI=1S/C19H19F2N3O2S/c20-17-6-7-19(18(21)12-17)27(25,26)24-9-1-8-23(10-11-24)14-16-4-2-15(13-22)3-5-16/h2-7,12H,1,8-11,14H2. The maximum Gasteiger partial charge on any atom is 0.246 e. The second-order valence-electron chi connectivity index (χ2n) is 6.42. The Morgan fingerprint density at radius 1 is 1.00 bits per heavy atom. The van der Waals surface area contributed by atoms with E-state index in [4.69, 9.17) is 5.26 Å². The molecular weight excluding hydrogens is 372 g/mol. The third kappa shape index (κ3) is 4.50. The van der Waals surface area contributed by atoms with E-state index in [0.29, 0.717) is 37.7 Å². The van der Waals surface area contributed by atoms with Crippen LogP contribution < -0.4 is 0 Å². The molecule has 1 saturated heterocycles. The van der Waals surface area contributed by atoms with Gasteiger partial charge in [-0.15, -0.1) is 0 Å². The fourth-order valence-electron chi connectivity index (χ4n) is 3.11. The summed E-state index contributed by atoms with van der Waals surface area (Å²) in [6, 6.07) is 11.8. The van der Waals surface area contributed by atoms with Crippen LogP contribution in [0.2, 0.25) is 0 Å². The van der Waals surface area contributed by atoms with Crippen molar-refractivity contribution < 1.29 is 17.2 Å². The number of hydrogen-bond acceptors (Lipinski definition) is 4. The second kappa shape index (κ2) is 8.13. The minimum Gasteiger partial charge on any atom is -0.298 e. The normalized spacial score (nSPS) is 16.6. The molecule has 3 rings (SSSR count). The van der Waals surface area contributed by atoms with Gasteiger partial charge in [-0.05, 0) is 42.8 Å². The van der Waals surface area contributed by atoms with Crippen LogP contribution in [0, 0.1) is 23.0 Å². The lowest BCUT2D eigenvalue weighted by Gasteiger charge is -2.22. The van der Waals surface area contributed by atoms with Gasteiger partial charge in [-0.25, -0.2) is 17.2 Å². The summed E-state index contributed by atoms with van der Waals surface area (Å²) in [4.78, 5) is 1.63. The Kier molecular flexibility index (Phi) is 5.85. The maximum absolute atomic E-state index is 13.9. The zero-order valence-corrected chi connectivity index (χ0v) is 15.4. The molecule has 2 aromatic carbocycles. The van der Waals surface area contributed by atoms with E-state index in [2.05, 4.69) is 11.0 Å². The molecule has 0 spiro atoms. The van der Waals surface area contributed by atoms with Crippen LogP contribution in [0.4, 0.5) is 8.78 Å². The number of halogens is 2. The SMILES string of the molecule is N#Cc1ccc(CN2CCCN(S(=O)(=O)c3ccc(F)cc3F)CC2)cc1. The summed E-state index contributed by atoms with van der Waals surface area (Å²) in [5.74, 6) is -1.88. The summed E-state index contributed by atoms with van der Waals surface area (Å²) in [7, 11) is -4.01. The molecule has 2 aromatic rings. The molecule has 142 valence electrons. The van der Waals surface area contributed by atoms with Gasteiger partial charge >= 0.3 is 0 Å². The van der Waals surface area contributed by atoms with Crippen molar-refractivity contribution >= 4 is 10.0 Å². The molecule has 0 radical (unpaired) electrons. The lowest BCUT2D eigenvalue weighted by molar-refractivity contribution is 0.278. The number of sulfonamides is 1. The van der Waals surface area contributed by atoms with E-state index in [-0.39, 0.29) is 13.1 Å². The molecule has 0 aromatic heterocycles. The van der Waals surface area contributed by atoms with E-state index >= 15 is 0 Å². The molecule has 1 fully saturated rings. The first-order chi connectivity index (χ1) is 12.9. The Hall–Kier alpha value is -2.34. The molecule has 5 nitrogen and oxygen atoms in total. The number of hydrogen-bond donors (Lipinski definition) is 0. The molecule has 0 bridgehead atoms. The minimum atomic E-state index is -4.01. The fraction of sp³-hybridized carbons (Fsp3) is 0.316. The van der Waals surface area contributed by atoms with Crippen molar-refractivity contribution in [3.63, 3.8) is 0 Å². The molecule has 0 unspecified atom stereocenters. The maximum atomic E-state index is 13.9. The van der Waals surface area contributed by atoms with Gasteiger partial charge < -0.3 is 0 Å². The van der Waals surface area contributed by atoms with Gasteiger partial charge in [-0.3, -0.25) is 4.90 Å². The summed E-state index contributed by atoms with van der Waals surface area (Å²) < 4.78 is 53.7. The number of rotatable bonds is 4. The van der Waals surface area contributed by atoms with Gasteiger partial charge in [-0.1, -0.05) is 12.1 Å². The molecule has 0 N–H and O–H groups in total. The second-order valence-corrected chi connectivity index (χ2v) is 8.32. The fourth-order valence-corrected chi connectivity index (χ4v) is 4.63. The summed E-state index contributed by atoms with van der Waals surface area (Å²) in [6.45, 7) is 2.36. The molecule has 1 aliphatic rings. The Labute approximate surface area is 157 Å². The van der Waals surface area contributed by atoms with E-state index in [9.17, 15) is 17.2 Å². The summed E-state index contributed by atoms with van der Waals surface area (Å²) in [5, 5.41) is 8.85. The Balaban J connectivity index is 1.69. The van der Waals surface area contributed by atoms with Gasteiger partial charge in [0.15, 0.2) is 0 Å². The lowest BCUT2D eigenvalue weighted by Crippen LogP contribution is -2.35.